The molecule has 0 aliphatic rings. The van der Waals surface area contributed by atoms with Crippen molar-refractivity contribution in [1.29, 1.82) is 0 Å². The van der Waals surface area contributed by atoms with Crippen LogP contribution in [0.4, 0.5) is 28.9 Å². The summed E-state index contributed by atoms with van der Waals surface area (Å²) >= 11 is 0. The van der Waals surface area contributed by atoms with Gasteiger partial charge in [0.25, 0.3) is 31.2 Å². The van der Waals surface area contributed by atoms with Gasteiger partial charge in [-0.2, -0.15) is 0 Å². The van der Waals surface area contributed by atoms with Gasteiger partial charge < -0.3 is 20.1 Å². The van der Waals surface area contributed by atoms with Crippen LogP contribution >= 0.6 is 0 Å². The van der Waals surface area contributed by atoms with E-state index < -0.39 is 64.9 Å². The molecule has 8 rings (SSSR count). The lowest BCUT2D eigenvalue weighted by Crippen LogP contribution is -2.32. The molecule has 0 bridgehead atoms. The minimum Gasteiger partial charge on any atom is -0.480 e. The molecule has 0 saturated heterocycles. The van der Waals surface area contributed by atoms with Gasteiger partial charge in [-0.25, -0.2) is 54.3 Å². The summed E-state index contributed by atoms with van der Waals surface area (Å²) in [5, 5.41) is 5.62. The summed E-state index contributed by atoms with van der Waals surface area (Å²) in [5.74, 6) is -5.71. The molecule has 8 aromatic rings. The summed E-state index contributed by atoms with van der Waals surface area (Å²) in [6.07, 6.45) is 5.56. The number of hydrogen-bond donors (Lipinski definition) is 4. The minimum atomic E-state index is -4.55. The van der Waals surface area contributed by atoms with Crippen LogP contribution in [0, 0.1) is 35.1 Å². The average molecular weight is 1090 g/mol. The van der Waals surface area contributed by atoms with E-state index in [1.165, 1.54) is 74.6 Å². The Balaban J connectivity index is 0.000000221. The van der Waals surface area contributed by atoms with Gasteiger partial charge in [-0.05, 0) is 83.9 Å². The maximum Gasteiger partial charge on any atom is 0.265 e. The summed E-state index contributed by atoms with van der Waals surface area (Å²) < 4.78 is 124. The molecule has 4 aromatic carbocycles. The van der Waals surface area contributed by atoms with Crippen LogP contribution in [-0.2, 0) is 42.7 Å². The van der Waals surface area contributed by atoms with Crippen LogP contribution in [0.15, 0.2) is 129 Å². The highest BCUT2D eigenvalue weighted by atomic mass is 32.2. The molecule has 2 atom stereocenters. The Morgan fingerprint density at radius 1 is 0.553 bits per heavy atom. The molecule has 4 heterocycles. The first-order valence-electron chi connectivity index (χ1n) is 22.5. The molecule has 76 heavy (non-hydrogen) atoms. The molecule has 20 nitrogen and oxygen atoms in total. The number of fused-ring (bicyclic) bond motifs is 2. The number of pyridine rings is 2. The minimum absolute atomic E-state index is 0.109. The maximum absolute atomic E-state index is 14.2. The Hall–Kier alpha value is -8.78. The number of hydrogen-bond acceptors (Lipinski definition) is 14. The van der Waals surface area contributed by atoms with Crippen LogP contribution in [0.5, 0.6) is 11.8 Å². The Bertz CT molecular complexity index is 3670. The topological polar surface area (TPSA) is 265 Å². The Morgan fingerprint density at radius 2 is 0.934 bits per heavy atom. The van der Waals surface area contributed by atoms with Crippen molar-refractivity contribution in [2.45, 2.75) is 36.7 Å². The van der Waals surface area contributed by atoms with Crippen molar-refractivity contribution in [1.82, 2.24) is 39.7 Å². The number of rotatable bonds is 16. The number of sulfonamides is 2. The van der Waals surface area contributed by atoms with Crippen molar-refractivity contribution >= 4 is 65.0 Å². The summed E-state index contributed by atoms with van der Waals surface area (Å²) in [6, 6.07) is 16.7. The lowest BCUT2D eigenvalue weighted by Gasteiger charge is -2.14. The van der Waals surface area contributed by atoms with Gasteiger partial charge in [0, 0.05) is 50.7 Å². The SMILES string of the molecule is CNC(=O)[C@@H](C)Cn1cnc2ccc(-c3cnc(OC)c(NS(=O)(=O)c4cc(F)ccc4F)c3)cc2c1=O.CNC(=O)[C@H](C)Cn1cnc2ccc(-c3cnc(OC)c(NS(=O)(=O)c4cc(F)ccc4F)c3)cc2c1=O. The van der Waals surface area contributed by atoms with Crippen LogP contribution in [0.3, 0.4) is 0 Å². The zero-order valence-corrected chi connectivity index (χ0v) is 42.7. The molecule has 0 aliphatic carbocycles. The first-order valence-corrected chi connectivity index (χ1v) is 25.5. The number of benzene rings is 4. The second-order valence-electron chi connectivity index (χ2n) is 16.8. The zero-order valence-electron chi connectivity index (χ0n) is 41.1. The second kappa shape index (κ2) is 22.8. The summed E-state index contributed by atoms with van der Waals surface area (Å²) in [5.41, 5.74) is 1.67. The van der Waals surface area contributed by atoms with Gasteiger partial charge in [0.15, 0.2) is 0 Å². The van der Waals surface area contributed by atoms with E-state index >= 15 is 0 Å². The highest BCUT2D eigenvalue weighted by molar-refractivity contribution is 7.93. The number of amides is 2. The number of aromatic nitrogens is 6. The van der Waals surface area contributed by atoms with Crippen LogP contribution in [-0.4, -0.2) is 86.0 Å². The number of carbonyl (C=O) groups is 2. The number of halogens is 4. The Morgan fingerprint density at radius 3 is 1.29 bits per heavy atom. The second-order valence-corrected chi connectivity index (χ2v) is 20.1. The largest absolute Gasteiger partial charge is 0.480 e. The average Bonchev–Trinajstić information content (AvgIpc) is 3.41. The number of ether oxygens (including phenoxy) is 2. The van der Waals surface area contributed by atoms with Gasteiger partial charge in [-0.1, -0.05) is 26.0 Å². The third kappa shape index (κ3) is 12.1. The van der Waals surface area contributed by atoms with E-state index in [4.69, 9.17) is 9.47 Å². The van der Waals surface area contributed by atoms with Gasteiger partial charge in [0.2, 0.25) is 23.6 Å². The van der Waals surface area contributed by atoms with Crippen molar-refractivity contribution in [2.24, 2.45) is 11.8 Å². The van der Waals surface area contributed by atoms with Gasteiger partial charge in [0.05, 0.1) is 60.5 Å². The first-order chi connectivity index (χ1) is 36.1. The van der Waals surface area contributed by atoms with E-state index in [-0.39, 0.29) is 69.9 Å². The molecule has 0 saturated carbocycles. The molecule has 0 fully saturated rings. The molecule has 0 spiro atoms. The number of methoxy groups -OCH3 is 2. The Labute approximate surface area is 430 Å². The molecule has 2 amide bonds. The maximum atomic E-state index is 14.2. The van der Waals surface area contributed by atoms with E-state index in [9.17, 15) is 53.6 Å². The predicted octanol–water partition coefficient (Wildman–Crippen LogP) is 5.86. The molecule has 0 unspecified atom stereocenters. The monoisotopic (exact) mass is 1090 g/mol. The van der Waals surface area contributed by atoms with E-state index in [1.54, 1.807) is 50.2 Å². The standard InChI is InChI=1S/2C25H23F2N5O5S/c2*1-14(23(33)28-2)12-32-13-30-20-7-4-15(8-18(20)25(32)34)16-9-21(24(37-3)29-11-16)31-38(35,36)22-10-17(26)5-6-19(22)27/h2*4-11,13-14,31H,12H2,1-3H3,(H,28,33)/t2*14-/m10/s1. The zero-order chi connectivity index (χ0) is 55.2. The van der Waals surface area contributed by atoms with Gasteiger partial charge in [0.1, 0.15) is 44.4 Å². The molecule has 4 aromatic heterocycles. The van der Waals surface area contributed by atoms with Gasteiger partial charge in [-0.3, -0.25) is 37.8 Å². The van der Waals surface area contributed by atoms with E-state index in [1.807, 2.05) is 0 Å². The summed E-state index contributed by atoms with van der Waals surface area (Å²) in [7, 11) is -3.53. The van der Waals surface area contributed by atoms with Gasteiger partial charge in [-0.15, -0.1) is 0 Å². The lowest BCUT2D eigenvalue weighted by atomic mass is 10.0. The van der Waals surface area contributed by atoms with E-state index in [2.05, 4.69) is 40.0 Å². The van der Waals surface area contributed by atoms with Crippen molar-refractivity contribution in [3.8, 4) is 34.0 Å². The van der Waals surface area contributed by atoms with Gasteiger partial charge >= 0.3 is 0 Å². The highest BCUT2D eigenvalue weighted by Crippen LogP contribution is 2.33. The van der Waals surface area contributed by atoms with Crippen molar-refractivity contribution in [2.75, 3.05) is 37.8 Å². The molecule has 0 aliphatic heterocycles. The van der Waals surface area contributed by atoms with Crippen LogP contribution in [0.2, 0.25) is 0 Å². The predicted molar refractivity (Wildman–Crippen MR) is 272 cm³/mol. The Kier molecular flexibility index (Phi) is 16.5. The highest BCUT2D eigenvalue weighted by Gasteiger charge is 2.25. The molecular formula is C50H46F4N10O10S2. The number of nitrogens with one attached hydrogen (secondary N) is 4. The number of anilines is 2. The van der Waals surface area contributed by atoms with E-state index in [0.717, 1.165) is 12.1 Å². The quantitative estimate of drug-likeness (QED) is 0.0827. The van der Waals surface area contributed by atoms with Crippen LogP contribution < -0.4 is 40.7 Å². The molecule has 4 N–H and O–H groups in total. The normalized spacial score (nSPS) is 12.2. The molecule has 396 valence electrons. The van der Waals surface area contributed by atoms with Crippen LogP contribution in [0.1, 0.15) is 13.8 Å². The fourth-order valence-electron chi connectivity index (χ4n) is 7.64. The third-order valence-electron chi connectivity index (χ3n) is 11.6. The van der Waals surface area contributed by atoms with Crippen molar-refractivity contribution in [3.05, 3.63) is 154 Å². The molecule has 0 radical (unpaired) electrons. The molecular weight excluding hydrogens is 1040 g/mol. The number of carbonyl (C=O) groups excluding carboxylic acids is 2. The fraction of sp³-hybridized carbons (Fsp3) is 0.200. The summed E-state index contributed by atoms with van der Waals surface area (Å²) in [4.78, 5) is 65.1. The van der Waals surface area contributed by atoms with Crippen LogP contribution in [0.25, 0.3) is 44.1 Å². The van der Waals surface area contributed by atoms with Crippen molar-refractivity contribution in [3.63, 3.8) is 0 Å². The number of nitrogens with zero attached hydrogens (tertiary/aromatic N) is 6. The van der Waals surface area contributed by atoms with E-state index in [0.29, 0.717) is 57.6 Å². The third-order valence-corrected chi connectivity index (χ3v) is 14.3. The molecule has 26 heteroatoms. The van der Waals surface area contributed by atoms with Crippen molar-refractivity contribution < 1.29 is 53.5 Å². The first kappa shape index (κ1) is 55.0. The fourth-order valence-corrected chi connectivity index (χ4v) is 9.92. The summed E-state index contributed by atoms with van der Waals surface area (Å²) in [6.45, 7) is 3.62. The lowest BCUT2D eigenvalue weighted by molar-refractivity contribution is -0.125. The smallest absolute Gasteiger partial charge is 0.265 e.